The number of aromatic nitrogens is 5. The fourth-order valence-electron chi connectivity index (χ4n) is 2.98. The Morgan fingerprint density at radius 3 is 3.00 bits per heavy atom. The number of nitrogens with zero attached hydrogens (tertiary/aromatic N) is 4. The van der Waals surface area contributed by atoms with Gasteiger partial charge in [0.05, 0.1) is 30.2 Å². The topological polar surface area (TPSA) is 68.1 Å². The molecule has 1 N–H and O–H groups in total. The van der Waals surface area contributed by atoms with Gasteiger partial charge in [-0.2, -0.15) is 10.2 Å². The van der Waals surface area contributed by atoms with E-state index in [1.807, 2.05) is 42.0 Å². The van der Waals surface area contributed by atoms with Gasteiger partial charge in [0.1, 0.15) is 11.5 Å². The molecule has 1 aromatic carbocycles. The van der Waals surface area contributed by atoms with E-state index in [1.165, 1.54) is 5.56 Å². The standard InChI is InChI=1S/C19H19N5O/c1-4-25-13(3)16-7-8-19-20-11-18(24(19)23-16)12(2)14-5-6-17-15(9-14)10-21-22-17/h5-12H,3-4H2,1-2H3,(H,21,22). The van der Waals surface area contributed by atoms with E-state index in [2.05, 4.69) is 45.9 Å². The van der Waals surface area contributed by atoms with E-state index < -0.39 is 0 Å². The molecule has 0 amide bonds. The SMILES string of the molecule is C=C(OCC)c1ccc2ncc(C(C)c3ccc4[nH]ncc4c3)n2n1. The van der Waals surface area contributed by atoms with Crippen LogP contribution in [0.25, 0.3) is 22.3 Å². The van der Waals surface area contributed by atoms with Crippen molar-refractivity contribution in [1.29, 1.82) is 0 Å². The number of aromatic amines is 1. The minimum Gasteiger partial charge on any atom is -0.492 e. The molecular weight excluding hydrogens is 314 g/mol. The molecule has 6 nitrogen and oxygen atoms in total. The second kappa shape index (κ2) is 6.05. The molecular formula is C19H19N5O. The smallest absolute Gasteiger partial charge is 0.153 e. The maximum Gasteiger partial charge on any atom is 0.153 e. The number of imidazole rings is 1. The highest BCUT2D eigenvalue weighted by atomic mass is 16.5. The Bertz CT molecular complexity index is 1060. The molecule has 3 heterocycles. The van der Waals surface area contributed by atoms with Crippen molar-refractivity contribution < 1.29 is 4.74 Å². The maximum atomic E-state index is 5.48. The summed E-state index contributed by atoms with van der Waals surface area (Å²) in [4.78, 5) is 4.48. The first kappa shape index (κ1) is 15.4. The predicted molar refractivity (Wildman–Crippen MR) is 97.3 cm³/mol. The molecule has 0 saturated carbocycles. The van der Waals surface area contributed by atoms with Gasteiger partial charge in [-0.1, -0.05) is 19.6 Å². The van der Waals surface area contributed by atoms with Gasteiger partial charge in [0, 0.05) is 11.3 Å². The quantitative estimate of drug-likeness (QED) is 0.565. The number of fused-ring (bicyclic) bond motifs is 2. The minimum atomic E-state index is 0.136. The molecule has 1 atom stereocenters. The van der Waals surface area contributed by atoms with Crippen LogP contribution in [0.1, 0.15) is 36.7 Å². The van der Waals surface area contributed by atoms with Gasteiger partial charge in [-0.05, 0) is 36.8 Å². The van der Waals surface area contributed by atoms with Crippen molar-refractivity contribution in [3.8, 4) is 0 Å². The first-order valence-electron chi connectivity index (χ1n) is 8.27. The zero-order valence-electron chi connectivity index (χ0n) is 14.2. The van der Waals surface area contributed by atoms with Crippen LogP contribution in [-0.2, 0) is 4.74 Å². The van der Waals surface area contributed by atoms with E-state index in [9.17, 15) is 0 Å². The first-order valence-corrected chi connectivity index (χ1v) is 8.27. The van der Waals surface area contributed by atoms with Crippen molar-refractivity contribution in [2.24, 2.45) is 0 Å². The highest BCUT2D eigenvalue weighted by Gasteiger charge is 2.16. The third kappa shape index (κ3) is 2.65. The van der Waals surface area contributed by atoms with Gasteiger partial charge in [-0.25, -0.2) is 9.50 Å². The van der Waals surface area contributed by atoms with Crippen LogP contribution in [0.2, 0.25) is 0 Å². The fraction of sp³-hybridized carbons (Fsp3) is 0.211. The number of nitrogens with one attached hydrogen (secondary N) is 1. The third-order valence-electron chi connectivity index (χ3n) is 4.40. The van der Waals surface area contributed by atoms with Crippen LogP contribution in [0.3, 0.4) is 0 Å². The lowest BCUT2D eigenvalue weighted by molar-refractivity contribution is 0.297. The van der Waals surface area contributed by atoms with Crippen molar-refractivity contribution >= 4 is 22.3 Å². The molecule has 126 valence electrons. The second-order valence-corrected chi connectivity index (χ2v) is 5.97. The number of benzene rings is 1. The Hall–Kier alpha value is -3.15. The summed E-state index contributed by atoms with van der Waals surface area (Å²) in [7, 11) is 0. The van der Waals surface area contributed by atoms with Gasteiger partial charge in [-0.3, -0.25) is 5.10 Å². The van der Waals surface area contributed by atoms with Crippen LogP contribution in [0.15, 0.2) is 49.3 Å². The monoisotopic (exact) mass is 333 g/mol. The molecule has 25 heavy (non-hydrogen) atoms. The molecule has 0 spiro atoms. The summed E-state index contributed by atoms with van der Waals surface area (Å²) < 4.78 is 7.34. The van der Waals surface area contributed by atoms with Crippen molar-refractivity contribution in [3.05, 3.63) is 66.3 Å². The zero-order valence-corrected chi connectivity index (χ0v) is 14.2. The van der Waals surface area contributed by atoms with Gasteiger partial charge < -0.3 is 4.74 Å². The van der Waals surface area contributed by atoms with E-state index in [-0.39, 0.29) is 5.92 Å². The van der Waals surface area contributed by atoms with E-state index in [4.69, 9.17) is 4.74 Å². The summed E-state index contributed by atoms with van der Waals surface area (Å²) in [6.45, 7) is 8.58. The summed E-state index contributed by atoms with van der Waals surface area (Å²) in [5.74, 6) is 0.703. The molecule has 3 aromatic heterocycles. The average molecular weight is 333 g/mol. The lowest BCUT2D eigenvalue weighted by Gasteiger charge is -2.12. The van der Waals surface area contributed by atoms with Crippen LogP contribution < -0.4 is 0 Å². The van der Waals surface area contributed by atoms with Crippen molar-refractivity contribution in [2.75, 3.05) is 6.61 Å². The molecule has 0 fully saturated rings. The fourth-order valence-corrected chi connectivity index (χ4v) is 2.98. The molecule has 6 heteroatoms. The molecule has 0 radical (unpaired) electrons. The molecule has 4 aromatic rings. The normalized spacial score (nSPS) is 12.6. The van der Waals surface area contributed by atoms with Crippen molar-refractivity contribution in [1.82, 2.24) is 24.8 Å². The highest BCUT2D eigenvalue weighted by Crippen LogP contribution is 2.27. The molecule has 4 rings (SSSR count). The number of ether oxygens (including phenoxy) is 1. The average Bonchev–Trinajstić information content (AvgIpc) is 3.26. The third-order valence-corrected chi connectivity index (χ3v) is 4.40. The van der Waals surface area contributed by atoms with Crippen LogP contribution in [-0.4, -0.2) is 31.4 Å². The molecule has 0 aliphatic heterocycles. The van der Waals surface area contributed by atoms with Gasteiger partial charge in [-0.15, -0.1) is 0 Å². The summed E-state index contributed by atoms with van der Waals surface area (Å²) in [6.07, 6.45) is 3.71. The van der Waals surface area contributed by atoms with Crippen LogP contribution >= 0.6 is 0 Å². The van der Waals surface area contributed by atoms with Crippen LogP contribution in [0.4, 0.5) is 0 Å². The van der Waals surface area contributed by atoms with Crippen LogP contribution in [0.5, 0.6) is 0 Å². The van der Waals surface area contributed by atoms with Crippen molar-refractivity contribution in [2.45, 2.75) is 19.8 Å². The number of hydrogen-bond donors (Lipinski definition) is 1. The van der Waals surface area contributed by atoms with E-state index >= 15 is 0 Å². The Morgan fingerprint density at radius 1 is 1.28 bits per heavy atom. The molecule has 0 saturated heterocycles. The second-order valence-electron chi connectivity index (χ2n) is 5.97. The number of hydrogen-bond acceptors (Lipinski definition) is 4. The van der Waals surface area contributed by atoms with Crippen LogP contribution in [0, 0.1) is 0 Å². The Kier molecular flexibility index (Phi) is 3.72. The molecule has 0 bridgehead atoms. The number of H-pyrrole nitrogens is 1. The summed E-state index contributed by atoms with van der Waals surface area (Å²) in [5.41, 5.74) is 4.75. The first-order chi connectivity index (χ1) is 12.2. The zero-order chi connectivity index (χ0) is 17.4. The van der Waals surface area contributed by atoms with Gasteiger partial charge in [0.15, 0.2) is 5.65 Å². The Morgan fingerprint density at radius 2 is 2.16 bits per heavy atom. The lowest BCUT2D eigenvalue weighted by Crippen LogP contribution is -2.06. The molecule has 0 aliphatic rings. The van der Waals surface area contributed by atoms with E-state index in [1.54, 1.807) is 0 Å². The Labute approximate surface area is 145 Å². The molecule has 1 unspecified atom stereocenters. The largest absolute Gasteiger partial charge is 0.492 e. The Balaban J connectivity index is 1.76. The summed E-state index contributed by atoms with van der Waals surface area (Å²) in [5, 5.41) is 12.8. The van der Waals surface area contributed by atoms with Gasteiger partial charge >= 0.3 is 0 Å². The lowest BCUT2D eigenvalue weighted by atomic mass is 9.97. The van der Waals surface area contributed by atoms with Gasteiger partial charge in [0.2, 0.25) is 0 Å². The molecule has 0 aliphatic carbocycles. The maximum absolute atomic E-state index is 5.48. The summed E-state index contributed by atoms with van der Waals surface area (Å²) in [6, 6.07) is 10.1. The number of rotatable bonds is 5. The summed E-state index contributed by atoms with van der Waals surface area (Å²) >= 11 is 0. The predicted octanol–water partition coefficient (Wildman–Crippen LogP) is 3.76. The van der Waals surface area contributed by atoms with E-state index in [0.717, 1.165) is 22.2 Å². The highest BCUT2D eigenvalue weighted by molar-refractivity contribution is 5.78. The minimum absolute atomic E-state index is 0.136. The van der Waals surface area contributed by atoms with E-state index in [0.29, 0.717) is 18.1 Å². The van der Waals surface area contributed by atoms with Gasteiger partial charge in [0.25, 0.3) is 0 Å². The van der Waals surface area contributed by atoms with Crippen molar-refractivity contribution in [3.63, 3.8) is 0 Å².